The predicted molar refractivity (Wildman–Crippen MR) is 114 cm³/mol. The molecule has 3 aromatic rings. The molecule has 5 nitrogen and oxygen atoms in total. The molecule has 29 heavy (non-hydrogen) atoms. The fraction of sp³-hybridized carbons (Fsp3) is 0.130. The van der Waals surface area contributed by atoms with Crippen molar-refractivity contribution < 1.29 is 13.9 Å². The summed E-state index contributed by atoms with van der Waals surface area (Å²) in [7, 11) is 0. The van der Waals surface area contributed by atoms with Gasteiger partial charge >= 0.3 is 0 Å². The van der Waals surface area contributed by atoms with E-state index >= 15 is 0 Å². The van der Waals surface area contributed by atoms with Gasteiger partial charge < -0.3 is 14.5 Å². The van der Waals surface area contributed by atoms with Crippen molar-refractivity contribution in [3.63, 3.8) is 0 Å². The van der Waals surface area contributed by atoms with Gasteiger partial charge in [0.25, 0.3) is 5.91 Å². The zero-order chi connectivity index (χ0) is 20.6. The Kier molecular flexibility index (Phi) is 6.77. The predicted octanol–water partition coefficient (Wildman–Crippen LogP) is 5.68. The molecular formula is C23H20N2O3S. The number of amides is 1. The number of nitrogens with one attached hydrogen (secondary N) is 1. The molecule has 0 atom stereocenters. The van der Waals surface area contributed by atoms with Gasteiger partial charge in [0.1, 0.15) is 23.2 Å². The normalized spacial score (nSPS) is 11.0. The van der Waals surface area contributed by atoms with Crippen LogP contribution in [0, 0.1) is 18.3 Å². The second-order valence-electron chi connectivity index (χ2n) is 6.15. The highest BCUT2D eigenvalue weighted by Gasteiger charge is 2.11. The number of carbonyl (C=O) groups is 1. The van der Waals surface area contributed by atoms with Crippen LogP contribution in [0.4, 0.5) is 5.69 Å². The van der Waals surface area contributed by atoms with E-state index in [1.807, 2.05) is 50.2 Å². The summed E-state index contributed by atoms with van der Waals surface area (Å²) in [5.41, 5.74) is 1.73. The number of ether oxygens (including phenoxy) is 1. The molecule has 1 heterocycles. The van der Waals surface area contributed by atoms with E-state index in [0.29, 0.717) is 23.1 Å². The number of furan rings is 1. The Morgan fingerprint density at radius 1 is 1.14 bits per heavy atom. The lowest BCUT2D eigenvalue weighted by Crippen LogP contribution is -2.13. The lowest BCUT2D eigenvalue weighted by Gasteiger charge is -2.06. The maximum Gasteiger partial charge on any atom is 0.266 e. The molecule has 1 aromatic heterocycles. The van der Waals surface area contributed by atoms with E-state index in [9.17, 15) is 10.1 Å². The van der Waals surface area contributed by atoms with Gasteiger partial charge in [0.2, 0.25) is 0 Å². The molecule has 6 heteroatoms. The summed E-state index contributed by atoms with van der Waals surface area (Å²) in [6.07, 6.45) is 1.43. The van der Waals surface area contributed by atoms with Crippen LogP contribution in [0.25, 0.3) is 6.08 Å². The molecule has 3 rings (SSSR count). The van der Waals surface area contributed by atoms with Crippen LogP contribution in [0.1, 0.15) is 18.2 Å². The van der Waals surface area contributed by atoms with E-state index in [1.165, 1.54) is 23.4 Å². The van der Waals surface area contributed by atoms with Crippen LogP contribution in [0.3, 0.4) is 0 Å². The van der Waals surface area contributed by atoms with E-state index in [-0.39, 0.29) is 5.57 Å². The van der Waals surface area contributed by atoms with Crippen LogP contribution in [0.15, 0.2) is 80.6 Å². The average Bonchev–Trinajstić information content (AvgIpc) is 3.16. The first-order chi connectivity index (χ1) is 14.1. The quantitative estimate of drug-likeness (QED) is 0.405. The number of anilines is 1. The molecule has 0 unspecified atom stereocenters. The van der Waals surface area contributed by atoms with Crippen molar-refractivity contribution in [1.82, 2.24) is 0 Å². The zero-order valence-electron chi connectivity index (χ0n) is 16.1. The van der Waals surface area contributed by atoms with E-state index < -0.39 is 5.91 Å². The summed E-state index contributed by atoms with van der Waals surface area (Å²) >= 11 is 1.48. The number of nitrogens with zero attached hydrogens (tertiary/aromatic N) is 1. The van der Waals surface area contributed by atoms with Gasteiger partial charge in [0.15, 0.2) is 5.09 Å². The largest absolute Gasteiger partial charge is 0.494 e. The van der Waals surface area contributed by atoms with Gasteiger partial charge in [-0.25, -0.2) is 0 Å². The van der Waals surface area contributed by atoms with Crippen LogP contribution < -0.4 is 10.1 Å². The molecule has 2 aromatic carbocycles. The first kappa shape index (κ1) is 20.3. The SMILES string of the molecule is CCOc1ccc(NC(=O)/C(C#N)=C\c2ccc(Sc3ccc(C)cc3)o2)cc1. The molecule has 0 aliphatic heterocycles. The Labute approximate surface area is 174 Å². The van der Waals surface area contributed by atoms with Crippen LogP contribution in [-0.4, -0.2) is 12.5 Å². The minimum atomic E-state index is -0.499. The van der Waals surface area contributed by atoms with Crippen LogP contribution >= 0.6 is 11.8 Å². The third-order valence-electron chi connectivity index (χ3n) is 3.92. The summed E-state index contributed by atoms with van der Waals surface area (Å²) < 4.78 is 11.1. The summed E-state index contributed by atoms with van der Waals surface area (Å²) in [5, 5.41) is 12.8. The molecule has 0 bridgehead atoms. The molecule has 1 amide bonds. The minimum Gasteiger partial charge on any atom is -0.494 e. The fourth-order valence-corrected chi connectivity index (χ4v) is 3.26. The molecule has 0 aliphatic rings. The first-order valence-electron chi connectivity index (χ1n) is 9.07. The Morgan fingerprint density at radius 2 is 1.86 bits per heavy atom. The number of nitriles is 1. The lowest BCUT2D eigenvalue weighted by atomic mass is 10.2. The maximum absolute atomic E-state index is 12.4. The number of rotatable bonds is 7. The highest BCUT2D eigenvalue weighted by atomic mass is 32.2. The van der Waals surface area contributed by atoms with Gasteiger partial charge in [0.05, 0.1) is 6.61 Å². The maximum atomic E-state index is 12.4. The molecule has 0 radical (unpaired) electrons. The van der Waals surface area contributed by atoms with E-state index in [4.69, 9.17) is 9.15 Å². The van der Waals surface area contributed by atoms with Crippen molar-refractivity contribution in [3.05, 3.63) is 77.6 Å². The smallest absolute Gasteiger partial charge is 0.266 e. The topological polar surface area (TPSA) is 75.3 Å². The standard InChI is InChI=1S/C23H20N2O3S/c1-3-27-19-8-6-18(7-9-19)25-23(26)17(15-24)14-20-10-13-22(28-20)29-21-11-4-16(2)5-12-21/h4-14H,3H2,1-2H3,(H,25,26)/b17-14-. The molecular weight excluding hydrogens is 384 g/mol. The molecule has 0 fully saturated rings. The third-order valence-corrected chi connectivity index (χ3v) is 4.84. The monoisotopic (exact) mass is 404 g/mol. The van der Waals surface area contributed by atoms with Crippen LogP contribution in [0.5, 0.6) is 5.75 Å². The summed E-state index contributed by atoms with van der Waals surface area (Å²) in [6, 6.07) is 20.5. The number of hydrogen-bond acceptors (Lipinski definition) is 5. The molecule has 146 valence electrons. The Balaban J connectivity index is 1.67. The van der Waals surface area contributed by atoms with Crippen LogP contribution in [0.2, 0.25) is 0 Å². The van der Waals surface area contributed by atoms with Gasteiger partial charge in [-0.1, -0.05) is 29.5 Å². The molecule has 0 aliphatic carbocycles. The van der Waals surface area contributed by atoms with Gasteiger partial charge in [-0.3, -0.25) is 4.79 Å². The van der Waals surface area contributed by atoms with Gasteiger partial charge in [-0.2, -0.15) is 5.26 Å². The molecule has 0 saturated heterocycles. The minimum absolute atomic E-state index is 0.0416. The van der Waals surface area contributed by atoms with E-state index in [2.05, 4.69) is 5.32 Å². The van der Waals surface area contributed by atoms with Crippen molar-refractivity contribution in [2.24, 2.45) is 0 Å². The second-order valence-corrected chi connectivity index (χ2v) is 7.23. The summed E-state index contributed by atoms with van der Waals surface area (Å²) in [4.78, 5) is 13.5. The average molecular weight is 404 g/mol. The molecule has 0 saturated carbocycles. The summed E-state index contributed by atoms with van der Waals surface area (Å²) in [5.74, 6) is 0.662. The highest BCUT2D eigenvalue weighted by molar-refractivity contribution is 7.99. The van der Waals surface area contributed by atoms with Crippen LogP contribution in [-0.2, 0) is 4.79 Å². The zero-order valence-corrected chi connectivity index (χ0v) is 17.0. The van der Waals surface area contributed by atoms with Crippen molar-refractivity contribution in [3.8, 4) is 11.8 Å². The van der Waals surface area contributed by atoms with Crippen molar-refractivity contribution in [2.75, 3.05) is 11.9 Å². The van der Waals surface area contributed by atoms with Crippen molar-refractivity contribution in [2.45, 2.75) is 23.8 Å². The van der Waals surface area contributed by atoms with E-state index in [1.54, 1.807) is 30.3 Å². The Morgan fingerprint density at radius 3 is 2.52 bits per heavy atom. The third kappa shape index (κ3) is 5.77. The fourth-order valence-electron chi connectivity index (χ4n) is 2.48. The van der Waals surface area contributed by atoms with E-state index in [0.717, 1.165) is 10.6 Å². The number of benzene rings is 2. The highest BCUT2D eigenvalue weighted by Crippen LogP contribution is 2.30. The van der Waals surface area contributed by atoms with Crippen molar-refractivity contribution >= 4 is 29.4 Å². The molecule has 0 spiro atoms. The number of hydrogen-bond donors (Lipinski definition) is 1. The summed E-state index contributed by atoms with van der Waals surface area (Å²) in [6.45, 7) is 4.51. The van der Waals surface area contributed by atoms with Crippen molar-refractivity contribution in [1.29, 1.82) is 5.26 Å². The Hall–Kier alpha value is -3.43. The lowest BCUT2D eigenvalue weighted by molar-refractivity contribution is -0.112. The second kappa shape index (κ2) is 9.67. The first-order valence-corrected chi connectivity index (χ1v) is 9.89. The van der Waals surface area contributed by atoms with Gasteiger partial charge in [-0.05, 0) is 62.4 Å². The molecule has 1 N–H and O–H groups in total. The van der Waals surface area contributed by atoms with Gasteiger partial charge in [0, 0.05) is 16.7 Å². The van der Waals surface area contributed by atoms with Gasteiger partial charge in [-0.15, -0.1) is 0 Å². The Bertz CT molecular complexity index is 1040. The number of aryl methyl sites for hydroxylation is 1. The number of carbonyl (C=O) groups excluding carboxylic acids is 1.